The molecule has 9 nitrogen and oxygen atoms in total. The number of carbonyl (C=O) groups is 2. The van der Waals surface area contributed by atoms with Crippen LogP contribution >= 0.6 is 11.8 Å². The number of carbonyl (C=O) groups excluding carboxylic acids is 2. The van der Waals surface area contributed by atoms with Gasteiger partial charge in [0.15, 0.2) is 0 Å². The molecule has 38 heavy (non-hydrogen) atoms. The highest BCUT2D eigenvalue weighted by Crippen LogP contribution is 2.39. The summed E-state index contributed by atoms with van der Waals surface area (Å²) < 4.78 is 36.7. The fourth-order valence-electron chi connectivity index (χ4n) is 4.47. The van der Waals surface area contributed by atoms with Gasteiger partial charge in [0.25, 0.3) is 21.9 Å². The quantitative estimate of drug-likeness (QED) is 0.334. The Bertz CT molecular complexity index is 1410. The van der Waals surface area contributed by atoms with E-state index >= 15 is 0 Å². The summed E-state index contributed by atoms with van der Waals surface area (Å²) in [6, 6.07) is 20.1. The van der Waals surface area contributed by atoms with Gasteiger partial charge in [-0.3, -0.25) is 18.7 Å². The maximum absolute atomic E-state index is 13.2. The Morgan fingerprint density at radius 3 is 2.05 bits per heavy atom. The van der Waals surface area contributed by atoms with Crippen LogP contribution in [0.4, 0.5) is 0 Å². The van der Waals surface area contributed by atoms with E-state index in [1.54, 1.807) is 48.5 Å². The van der Waals surface area contributed by atoms with Crippen molar-refractivity contribution in [3.63, 3.8) is 0 Å². The number of aliphatic hydroxyl groups is 2. The fourth-order valence-corrected chi connectivity index (χ4v) is 6.59. The lowest BCUT2D eigenvalue weighted by atomic mass is 9.97. The van der Waals surface area contributed by atoms with Crippen molar-refractivity contribution in [3.8, 4) is 0 Å². The molecule has 0 saturated carbocycles. The zero-order valence-corrected chi connectivity index (χ0v) is 21.8. The zero-order chi connectivity index (χ0) is 27.0. The first-order valence-corrected chi connectivity index (χ1v) is 14.1. The van der Waals surface area contributed by atoms with Crippen molar-refractivity contribution in [2.75, 3.05) is 6.61 Å². The predicted octanol–water partition coefficient (Wildman–Crippen LogP) is 2.60. The van der Waals surface area contributed by atoms with Crippen molar-refractivity contribution in [1.29, 1.82) is 0 Å². The van der Waals surface area contributed by atoms with Crippen molar-refractivity contribution in [1.82, 2.24) is 4.90 Å². The molecule has 11 heteroatoms. The average molecular weight is 556 g/mol. The predicted molar refractivity (Wildman–Crippen MR) is 138 cm³/mol. The Morgan fingerprint density at radius 1 is 0.868 bits per heavy atom. The molecule has 0 aliphatic carbocycles. The first-order chi connectivity index (χ1) is 18.2. The summed E-state index contributed by atoms with van der Waals surface area (Å²) in [4.78, 5) is 28.0. The molecule has 2 amide bonds. The Hall–Kier alpha value is -3.06. The van der Waals surface area contributed by atoms with Crippen LogP contribution in [0, 0.1) is 6.92 Å². The molecule has 2 heterocycles. The van der Waals surface area contributed by atoms with E-state index in [0.717, 1.165) is 27.1 Å². The smallest absolute Gasteiger partial charge is 0.297 e. The van der Waals surface area contributed by atoms with Crippen LogP contribution in [0.15, 0.2) is 88.7 Å². The highest BCUT2D eigenvalue weighted by Gasteiger charge is 2.53. The van der Waals surface area contributed by atoms with Crippen LogP contribution in [-0.4, -0.2) is 71.7 Å². The Balaban J connectivity index is 1.42. The lowest BCUT2D eigenvalue weighted by Gasteiger charge is -2.45. The van der Waals surface area contributed by atoms with Crippen molar-refractivity contribution in [2.24, 2.45) is 0 Å². The molecule has 198 valence electrons. The molecule has 0 bridgehead atoms. The minimum Gasteiger partial charge on any atom is -0.388 e. The molecular weight excluding hydrogens is 530 g/mol. The minimum atomic E-state index is -4.17. The molecule has 2 aliphatic rings. The number of rotatable bonds is 7. The number of amides is 2. The molecule has 5 rings (SSSR count). The topological polar surface area (TPSA) is 130 Å². The summed E-state index contributed by atoms with van der Waals surface area (Å²) in [6.07, 6.45) is -4.55. The fraction of sp³-hybridized carbons (Fsp3) is 0.259. The summed E-state index contributed by atoms with van der Waals surface area (Å²) >= 11 is 1.14. The van der Waals surface area contributed by atoms with E-state index in [0.29, 0.717) is 0 Å². The van der Waals surface area contributed by atoms with Gasteiger partial charge in [0.2, 0.25) is 0 Å². The van der Waals surface area contributed by atoms with Crippen molar-refractivity contribution in [3.05, 3.63) is 95.6 Å². The maximum Gasteiger partial charge on any atom is 0.297 e. The third-order valence-corrected chi connectivity index (χ3v) is 8.95. The van der Waals surface area contributed by atoms with Crippen LogP contribution in [0.2, 0.25) is 0 Å². The largest absolute Gasteiger partial charge is 0.388 e. The van der Waals surface area contributed by atoms with Gasteiger partial charge in [0.1, 0.15) is 29.8 Å². The number of fused-ring (bicyclic) bond motifs is 1. The summed E-state index contributed by atoms with van der Waals surface area (Å²) in [5.74, 6) is -1.22. The van der Waals surface area contributed by atoms with Crippen molar-refractivity contribution in [2.45, 2.75) is 46.5 Å². The van der Waals surface area contributed by atoms with Crippen molar-refractivity contribution < 1.29 is 37.1 Å². The summed E-state index contributed by atoms with van der Waals surface area (Å²) in [7, 11) is -4.17. The number of thioether (sulfide) groups is 1. The molecule has 1 saturated heterocycles. The second-order valence-electron chi connectivity index (χ2n) is 9.02. The van der Waals surface area contributed by atoms with E-state index in [4.69, 9.17) is 8.92 Å². The molecule has 0 spiro atoms. The molecular formula is C27H25NO8S2. The number of nitrogens with zero attached hydrogens (tertiary/aromatic N) is 1. The molecule has 2 aliphatic heterocycles. The summed E-state index contributed by atoms with van der Waals surface area (Å²) in [6.45, 7) is 1.23. The summed E-state index contributed by atoms with van der Waals surface area (Å²) in [5.41, 5.74) is 0.223. The second-order valence-corrected chi connectivity index (χ2v) is 11.8. The number of aliphatic hydroxyl groups excluding tert-OH is 2. The van der Waals surface area contributed by atoms with Gasteiger partial charge >= 0.3 is 0 Å². The van der Waals surface area contributed by atoms with E-state index < -0.39 is 58.3 Å². The van der Waals surface area contributed by atoms with Crippen LogP contribution in [0.25, 0.3) is 0 Å². The SMILES string of the molecule is Cc1ccc(S(=O)(=O)OCC2O[C@@H](Sc3ccccc3)C(N3C(=O)c4ccccc4C3=O)[C@@H](O)[C@@H]2O)cc1. The van der Waals surface area contributed by atoms with Crippen LogP contribution in [0.3, 0.4) is 0 Å². The normalized spacial score (nSPS) is 25.4. The average Bonchev–Trinajstić information content (AvgIpc) is 3.16. The number of hydrogen-bond donors (Lipinski definition) is 2. The van der Waals surface area contributed by atoms with E-state index in [2.05, 4.69) is 0 Å². The van der Waals surface area contributed by atoms with Gasteiger partial charge in [0.05, 0.1) is 22.6 Å². The second kappa shape index (κ2) is 10.6. The first-order valence-electron chi connectivity index (χ1n) is 11.8. The summed E-state index contributed by atoms with van der Waals surface area (Å²) in [5, 5.41) is 22.2. The Kier molecular flexibility index (Phi) is 7.40. The number of imide groups is 1. The van der Waals surface area contributed by atoms with Gasteiger partial charge < -0.3 is 14.9 Å². The monoisotopic (exact) mass is 555 g/mol. The highest BCUT2D eigenvalue weighted by atomic mass is 32.2. The standard InChI is InChI=1S/C27H25NO8S2/c1-16-11-13-18(14-12-16)38(33,34)35-15-21-23(29)24(30)22(27(36-21)37-17-7-3-2-4-8-17)28-25(31)19-9-5-6-10-20(19)26(28)32/h2-14,21-24,27,29-30H,15H2,1H3/t21?,22?,23-,24-,27+/m1/s1. The molecule has 3 aromatic carbocycles. The van der Waals surface area contributed by atoms with Crippen LogP contribution in [-0.2, 0) is 19.0 Å². The number of aryl methyl sites for hydroxylation is 1. The third kappa shape index (κ3) is 5.00. The first kappa shape index (κ1) is 26.5. The Labute approximate surface area is 224 Å². The minimum absolute atomic E-state index is 0.0620. The zero-order valence-electron chi connectivity index (χ0n) is 20.2. The Morgan fingerprint density at radius 2 is 1.45 bits per heavy atom. The lowest BCUT2D eigenvalue weighted by Crippen LogP contribution is -2.64. The molecule has 3 aromatic rings. The number of ether oxygens (including phenoxy) is 1. The molecule has 2 unspecified atom stereocenters. The third-order valence-electron chi connectivity index (χ3n) is 6.48. The lowest BCUT2D eigenvalue weighted by molar-refractivity contribution is -0.179. The molecule has 1 fully saturated rings. The van der Waals surface area contributed by atoms with Gasteiger partial charge in [-0.2, -0.15) is 8.42 Å². The number of benzene rings is 3. The van der Waals surface area contributed by atoms with Crippen LogP contribution < -0.4 is 0 Å². The van der Waals surface area contributed by atoms with Crippen LogP contribution in [0.5, 0.6) is 0 Å². The van der Waals surface area contributed by atoms with Gasteiger partial charge in [-0.15, -0.1) is 0 Å². The maximum atomic E-state index is 13.2. The van der Waals surface area contributed by atoms with Gasteiger partial charge in [-0.1, -0.05) is 59.8 Å². The molecule has 2 N–H and O–H groups in total. The van der Waals surface area contributed by atoms with Gasteiger partial charge in [-0.25, -0.2) is 0 Å². The number of hydrogen-bond acceptors (Lipinski definition) is 9. The van der Waals surface area contributed by atoms with Gasteiger partial charge in [-0.05, 0) is 43.3 Å². The molecule has 0 radical (unpaired) electrons. The highest BCUT2D eigenvalue weighted by molar-refractivity contribution is 7.99. The van der Waals surface area contributed by atoms with E-state index in [1.165, 1.54) is 24.3 Å². The van der Waals surface area contributed by atoms with E-state index in [-0.39, 0.29) is 16.0 Å². The molecule has 5 atom stereocenters. The van der Waals surface area contributed by atoms with Crippen molar-refractivity contribution >= 4 is 33.7 Å². The van der Waals surface area contributed by atoms with Crippen LogP contribution in [0.1, 0.15) is 26.3 Å². The van der Waals surface area contributed by atoms with E-state index in [9.17, 15) is 28.2 Å². The van der Waals surface area contributed by atoms with Gasteiger partial charge in [0, 0.05) is 4.90 Å². The molecule has 0 aromatic heterocycles. The van der Waals surface area contributed by atoms with E-state index in [1.807, 2.05) is 13.0 Å².